The van der Waals surface area contributed by atoms with Gasteiger partial charge in [0, 0.05) is 17.7 Å². The van der Waals surface area contributed by atoms with Crippen molar-refractivity contribution in [2.24, 2.45) is 0 Å². The molecule has 2 rings (SSSR count). The SMILES string of the molecule is CCC1CS(=O)(=O)CC(c2ccc(OC)cc2OC)N1. The molecule has 20 heavy (non-hydrogen) atoms. The van der Waals surface area contributed by atoms with Crippen molar-refractivity contribution in [3.05, 3.63) is 23.8 Å². The number of sulfone groups is 1. The van der Waals surface area contributed by atoms with Crippen molar-refractivity contribution in [2.45, 2.75) is 25.4 Å². The fraction of sp³-hybridized carbons (Fsp3) is 0.571. The third kappa shape index (κ3) is 3.24. The summed E-state index contributed by atoms with van der Waals surface area (Å²) in [6, 6.07) is 5.22. The van der Waals surface area contributed by atoms with Crippen LogP contribution in [0, 0.1) is 0 Å². The number of methoxy groups -OCH3 is 2. The maximum atomic E-state index is 12.0. The lowest BCUT2D eigenvalue weighted by molar-refractivity contribution is 0.378. The highest BCUT2D eigenvalue weighted by Crippen LogP contribution is 2.32. The quantitative estimate of drug-likeness (QED) is 0.913. The van der Waals surface area contributed by atoms with E-state index in [2.05, 4.69) is 5.32 Å². The van der Waals surface area contributed by atoms with Gasteiger partial charge < -0.3 is 14.8 Å². The van der Waals surface area contributed by atoms with Gasteiger partial charge in [0.15, 0.2) is 9.84 Å². The lowest BCUT2D eigenvalue weighted by Gasteiger charge is -2.31. The van der Waals surface area contributed by atoms with Crippen molar-refractivity contribution < 1.29 is 17.9 Å². The fourth-order valence-electron chi connectivity index (χ4n) is 2.53. The van der Waals surface area contributed by atoms with Crippen molar-refractivity contribution in [1.82, 2.24) is 5.32 Å². The third-order valence-corrected chi connectivity index (χ3v) is 5.37. The largest absolute Gasteiger partial charge is 0.497 e. The predicted molar refractivity (Wildman–Crippen MR) is 78.2 cm³/mol. The summed E-state index contributed by atoms with van der Waals surface area (Å²) in [5, 5.41) is 3.39. The molecule has 1 saturated heterocycles. The Morgan fingerprint density at radius 1 is 1.25 bits per heavy atom. The van der Waals surface area contributed by atoms with Gasteiger partial charge >= 0.3 is 0 Å². The fourth-order valence-corrected chi connectivity index (χ4v) is 4.40. The molecule has 0 aromatic heterocycles. The number of nitrogens with one attached hydrogen (secondary N) is 1. The summed E-state index contributed by atoms with van der Waals surface area (Å²) in [4.78, 5) is 0. The van der Waals surface area contributed by atoms with Gasteiger partial charge in [0.2, 0.25) is 0 Å². The van der Waals surface area contributed by atoms with Crippen LogP contribution >= 0.6 is 0 Å². The summed E-state index contributed by atoms with van der Waals surface area (Å²) >= 11 is 0. The lowest BCUT2D eigenvalue weighted by atomic mass is 10.0. The number of rotatable bonds is 4. The molecule has 1 aliphatic heterocycles. The Balaban J connectivity index is 2.34. The zero-order valence-corrected chi connectivity index (χ0v) is 12.9. The molecular weight excluding hydrogens is 278 g/mol. The number of benzene rings is 1. The molecule has 0 radical (unpaired) electrons. The van der Waals surface area contributed by atoms with Crippen LogP contribution in [0.1, 0.15) is 24.9 Å². The van der Waals surface area contributed by atoms with Crippen LogP contribution < -0.4 is 14.8 Å². The highest BCUT2D eigenvalue weighted by molar-refractivity contribution is 7.91. The van der Waals surface area contributed by atoms with Crippen LogP contribution in [-0.4, -0.2) is 40.2 Å². The van der Waals surface area contributed by atoms with Gasteiger partial charge in [0.05, 0.1) is 31.8 Å². The predicted octanol–water partition coefficient (Wildman–Crippen LogP) is 1.54. The molecule has 0 amide bonds. The molecule has 1 N–H and O–H groups in total. The average molecular weight is 299 g/mol. The van der Waals surface area contributed by atoms with Crippen molar-refractivity contribution in [2.75, 3.05) is 25.7 Å². The van der Waals surface area contributed by atoms with E-state index in [9.17, 15) is 8.42 Å². The minimum Gasteiger partial charge on any atom is -0.497 e. The standard InChI is InChI=1S/C14H21NO4S/c1-4-10-8-20(16,17)9-13(15-10)12-6-5-11(18-2)7-14(12)19-3/h5-7,10,13,15H,4,8-9H2,1-3H3. The Bertz CT molecular complexity index is 571. The van der Waals surface area contributed by atoms with Crippen LogP contribution in [0.3, 0.4) is 0 Å². The highest BCUT2D eigenvalue weighted by atomic mass is 32.2. The number of hydrogen-bond acceptors (Lipinski definition) is 5. The molecule has 112 valence electrons. The third-order valence-electron chi connectivity index (χ3n) is 3.62. The smallest absolute Gasteiger partial charge is 0.153 e. The molecule has 1 heterocycles. The minimum absolute atomic E-state index is 0.00874. The molecule has 0 aliphatic carbocycles. The molecule has 6 heteroatoms. The first-order valence-electron chi connectivity index (χ1n) is 6.67. The summed E-state index contributed by atoms with van der Waals surface area (Å²) < 4.78 is 34.6. The van der Waals surface area contributed by atoms with Crippen molar-refractivity contribution in [3.8, 4) is 11.5 Å². The average Bonchev–Trinajstić information content (AvgIpc) is 2.44. The second-order valence-electron chi connectivity index (χ2n) is 5.01. The van der Waals surface area contributed by atoms with E-state index in [0.29, 0.717) is 11.5 Å². The second kappa shape index (κ2) is 6.01. The van der Waals surface area contributed by atoms with Gasteiger partial charge in [0.1, 0.15) is 11.5 Å². The lowest BCUT2D eigenvalue weighted by Crippen LogP contribution is -2.46. The Kier molecular flexibility index (Phi) is 4.55. The molecule has 1 fully saturated rings. The van der Waals surface area contributed by atoms with Gasteiger partial charge in [-0.25, -0.2) is 8.42 Å². The summed E-state index contributed by atoms with van der Waals surface area (Å²) in [5.74, 6) is 1.65. The first-order valence-corrected chi connectivity index (χ1v) is 8.49. The van der Waals surface area contributed by atoms with Crippen LogP contribution in [0.25, 0.3) is 0 Å². The van der Waals surface area contributed by atoms with E-state index < -0.39 is 9.84 Å². The zero-order chi connectivity index (χ0) is 14.8. The number of hydrogen-bond donors (Lipinski definition) is 1. The highest BCUT2D eigenvalue weighted by Gasteiger charge is 2.32. The molecular formula is C14H21NO4S. The molecule has 0 spiro atoms. The van der Waals surface area contributed by atoms with Crippen LogP contribution in [0.2, 0.25) is 0 Å². The normalized spacial score (nSPS) is 25.1. The topological polar surface area (TPSA) is 64.6 Å². The summed E-state index contributed by atoms with van der Waals surface area (Å²) in [7, 11) is 0.133. The van der Waals surface area contributed by atoms with Crippen LogP contribution in [0.5, 0.6) is 11.5 Å². The second-order valence-corrected chi connectivity index (χ2v) is 7.16. The maximum absolute atomic E-state index is 12.0. The van der Waals surface area contributed by atoms with Crippen LogP contribution in [-0.2, 0) is 9.84 Å². The monoisotopic (exact) mass is 299 g/mol. The molecule has 0 saturated carbocycles. The molecule has 1 aliphatic rings. The zero-order valence-electron chi connectivity index (χ0n) is 12.0. The Morgan fingerprint density at radius 2 is 2.00 bits per heavy atom. The molecule has 1 aromatic carbocycles. The van der Waals surface area contributed by atoms with Gasteiger partial charge in [-0.05, 0) is 12.5 Å². The van der Waals surface area contributed by atoms with Gasteiger partial charge in [-0.15, -0.1) is 0 Å². The van der Waals surface area contributed by atoms with Gasteiger partial charge in [-0.3, -0.25) is 0 Å². The molecule has 2 unspecified atom stereocenters. The first kappa shape index (κ1) is 15.1. The number of ether oxygens (including phenoxy) is 2. The van der Waals surface area contributed by atoms with E-state index in [0.717, 1.165) is 12.0 Å². The summed E-state index contributed by atoms with van der Waals surface area (Å²) in [6.07, 6.45) is 0.786. The summed E-state index contributed by atoms with van der Waals surface area (Å²) in [6.45, 7) is 1.99. The Hall–Kier alpha value is -1.27. The van der Waals surface area contributed by atoms with E-state index in [1.54, 1.807) is 20.3 Å². The molecule has 0 bridgehead atoms. The van der Waals surface area contributed by atoms with E-state index >= 15 is 0 Å². The van der Waals surface area contributed by atoms with E-state index in [1.165, 1.54) is 0 Å². The molecule has 1 aromatic rings. The Labute approximate surface area is 120 Å². The maximum Gasteiger partial charge on any atom is 0.153 e. The van der Waals surface area contributed by atoms with Crippen LogP contribution in [0.4, 0.5) is 0 Å². The van der Waals surface area contributed by atoms with Crippen LogP contribution in [0.15, 0.2) is 18.2 Å². The first-order chi connectivity index (χ1) is 9.49. The van der Waals surface area contributed by atoms with Gasteiger partial charge in [0.25, 0.3) is 0 Å². The molecule has 5 nitrogen and oxygen atoms in total. The van der Waals surface area contributed by atoms with Crippen molar-refractivity contribution >= 4 is 9.84 Å². The van der Waals surface area contributed by atoms with E-state index in [1.807, 2.05) is 19.1 Å². The van der Waals surface area contributed by atoms with E-state index in [-0.39, 0.29) is 23.6 Å². The van der Waals surface area contributed by atoms with Gasteiger partial charge in [-0.1, -0.05) is 13.0 Å². The summed E-state index contributed by atoms with van der Waals surface area (Å²) in [5.41, 5.74) is 0.857. The van der Waals surface area contributed by atoms with E-state index in [4.69, 9.17) is 9.47 Å². The Morgan fingerprint density at radius 3 is 2.60 bits per heavy atom. The van der Waals surface area contributed by atoms with Crippen molar-refractivity contribution in [3.63, 3.8) is 0 Å². The minimum atomic E-state index is -3.03. The molecule has 2 atom stereocenters. The van der Waals surface area contributed by atoms with Gasteiger partial charge in [-0.2, -0.15) is 0 Å². The van der Waals surface area contributed by atoms with Crippen molar-refractivity contribution in [1.29, 1.82) is 0 Å².